The van der Waals surface area contributed by atoms with Gasteiger partial charge in [0.15, 0.2) is 6.61 Å². The molecule has 128 valence electrons. The van der Waals surface area contributed by atoms with E-state index >= 15 is 0 Å². The van der Waals surface area contributed by atoms with Gasteiger partial charge in [0.05, 0.1) is 6.54 Å². The molecule has 0 fully saturated rings. The van der Waals surface area contributed by atoms with Gasteiger partial charge in [0, 0.05) is 23.1 Å². The highest BCUT2D eigenvalue weighted by Gasteiger charge is 2.24. The number of hydrogen-bond acceptors (Lipinski definition) is 2. The molecular formula is C20H19FN2O2. The molecule has 1 N–H and O–H groups in total. The van der Waals surface area contributed by atoms with E-state index < -0.39 is 0 Å². The van der Waals surface area contributed by atoms with Crippen molar-refractivity contribution in [2.75, 3.05) is 13.2 Å². The van der Waals surface area contributed by atoms with Crippen molar-refractivity contribution in [2.45, 2.75) is 19.9 Å². The average molecular weight is 338 g/mol. The van der Waals surface area contributed by atoms with E-state index in [9.17, 15) is 9.18 Å². The number of nitrogens with one attached hydrogen (secondary N) is 1. The maximum absolute atomic E-state index is 13.5. The van der Waals surface area contributed by atoms with Gasteiger partial charge in [-0.3, -0.25) is 4.79 Å². The van der Waals surface area contributed by atoms with E-state index in [1.165, 1.54) is 6.07 Å². The Kier molecular flexibility index (Phi) is 3.92. The summed E-state index contributed by atoms with van der Waals surface area (Å²) in [6.07, 6.45) is 0.717. The zero-order valence-corrected chi connectivity index (χ0v) is 14.0. The third-order valence-electron chi connectivity index (χ3n) is 4.67. The summed E-state index contributed by atoms with van der Waals surface area (Å²) in [5.41, 5.74) is 4.16. The second kappa shape index (κ2) is 6.24. The quantitative estimate of drug-likeness (QED) is 0.793. The Balaban J connectivity index is 1.45. The summed E-state index contributed by atoms with van der Waals surface area (Å²) in [6, 6.07) is 12.4. The minimum absolute atomic E-state index is 0.0211. The fraction of sp³-hybridized carbons (Fsp3) is 0.250. The first-order valence-corrected chi connectivity index (χ1v) is 8.36. The molecule has 25 heavy (non-hydrogen) atoms. The highest BCUT2D eigenvalue weighted by molar-refractivity contribution is 5.86. The van der Waals surface area contributed by atoms with Crippen LogP contribution in [-0.2, 0) is 17.8 Å². The molecule has 1 aliphatic heterocycles. The van der Waals surface area contributed by atoms with E-state index in [1.54, 1.807) is 17.0 Å². The van der Waals surface area contributed by atoms with Crippen LogP contribution in [-0.4, -0.2) is 28.9 Å². The monoisotopic (exact) mass is 338 g/mol. The highest BCUT2D eigenvalue weighted by Crippen LogP contribution is 2.28. The maximum atomic E-state index is 13.5. The van der Waals surface area contributed by atoms with Crippen molar-refractivity contribution >= 4 is 16.8 Å². The van der Waals surface area contributed by atoms with Gasteiger partial charge in [0.1, 0.15) is 11.6 Å². The SMILES string of the molecule is Cc1ccc(OCC(=O)N2CCc3c([nH]c4ccc(F)cc34)C2)cc1. The molecule has 2 aromatic carbocycles. The predicted octanol–water partition coefficient (Wildman–Crippen LogP) is 3.58. The van der Waals surface area contributed by atoms with E-state index in [0.717, 1.165) is 34.1 Å². The maximum Gasteiger partial charge on any atom is 0.260 e. The molecule has 0 saturated carbocycles. The topological polar surface area (TPSA) is 45.3 Å². The second-order valence-corrected chi connectivity index (χ2v) is 6.44. The van der Waals surface area contributed by atoms with Crippen molar-refractivity contribution in [3.8, 4) is 5.75 Å². The van der Waals surface area contributed by atoms with Gasteiger partial charge in [0.25, 0.3) is 5.91 Å². The molecule has 0 saturated heterocycles. The molecule has 1 aliphatic rings. The number of ether oxygens (including phenoxy) is 1. The van der Waals surface area contributed by atoms with Crippen LogP contribution < -0.4 is 4.74 Å². The fourth-order valence-electron chi connectivity index (χ4n) is 3.30. The van der Waals surface area contributed by atoms with Crippen LogP contribution in [0, 0.1) is 12.7 Å². The fourth-order valence-corrected chi connectivity index (χ4v) is 3.30. The Morgan fingerprint density at radius 2 is 2.04 bits per heavy atom. The molecule has 0 spiro atoms. The minimum atomic E-state index is -0.237. The van der Waals surface area contributed by atoms with Gasteiger partial charge in [-0.15, -0.1) is 0 Å². The first kappa shape index (κ1) is 15.7. The molecule has 4 rings (SSSR count). The van der Waals surface area contributed by atoms with Crippen molar-refractivity contribution in [2.24, 2.45) is 0 Å². The van der Waals surface area contributed by atoms with E-state index in [-0.39, 0.29) is 18.3 Å². The number of aromatic amines is 1. The third kappa shape index (κ3) is 3.09. The molecule has 0 unspecified atom stereocenters. The van der Waals surface area contributed by atoms with Crippen LogP contribution in [0.2, 0.25) is 0 Å². The summed E-state index contributed by atoms with van der Waals surface area (Å²) in [7, 11) is 0. The molecule has 2 heterocycles. The van der Waals surface area contributed by atoms with Crippen LogP contribution in [0.15, 0.2) is 42.5 Å². The van der Waals surface area contributed by atoms with Gasteiger partial charge >= 0.3 is 0 Å². The number of carbonyl (C=O) groups is 1. The Morgan fingerprint density at radius 3 is 2.84 bits per heavy atom. The minimum Gasteiger partial charge on any atom is -0.484 e. The van der Waals surface area contributed by atoms with Crippen LogP contribution in [0.25, 0.3) is 10.9 Å². The van der Waals surface area contributed by atoms with Crippen LogP contribution in [0.5, 0.6) is 5.75 Å². The Labute approximate surface area is 145 Å². The van der Waals surface area contributed by atoms with Gasteiger partial charge in [-0.05, 0) is 49.2 Å². The number of aromatic nitrogens is 1. The molecule has 4 nitrogen and oxygen atoms in total. The molecule has 3 aromatic rings. The molecule has 0 atom stereocenters. The summed E-state index contributed by atoms with van der Waals surface area (Å²) >= 11 is 0. The van der Waals surface area contributed by atoms with Crippen LogP contribution in [0.1, 0.15) is 16.8 Å². The van der Waals surface area contributed by atoms with Crippen molar-refractivity contribution < 1.29 is 13.9 Å². The third-order valence-corrected chi connectivity index (χ3v) is 4.67. The second-order valence-electron chi connectivity index (χ2n) is 6.44. The lowest BCUT2D eigenvalue weighted by Gasteiger charge is -2.27. The number of halogens is 1. The average Bonchev–Trinajstić information content (AvgIpc) is 2.98. The summed E-state index contributed by atoms with van der Waals surface area (Å²) < 4.78 is 19.1. The Morgan fingerprint density at radius 1 is 1.24 bits per heavy atom. The number of amides is 1. The molecule has 0 radical (unpaired) electrons. The summed E-state index contributed by atoms with van der Waals surface area (Å²) in [6.45, 7) is 3.15. The Hall–Kier alpha value is -2.82. The largest absolute Gasteiger partial charge is 0.484 e. The molecule has 1 aromatic heterocycles. The van der Waals surface area contributed by atoms with Gasteiger partial charge in [-0.1, -0.05) is 17.7 Å². The number of rotatable bonds is 3. The van der Waals surface area contributed by atoms with Gasteiger partial charge in [-0.2, -0.15) is 0 Å². The number of H-pyrrole nitrogens is 1. The zero-order chi connectivity index (χ0) is 17.4. The lowest BCUT2D eigenvalue weighted by Crippen LogP contribution is -2.38. The van der Waals surface area contributed by atoms with Crippen molar-refractivity contribution in [3.63, 3.8) is 0 Å². The highest BCUT2D eigenvalue weighted by atomic mass is 19.1. The molecular weight excluding hydrogens is 319 g/mol. The number of carbonyl (C=O) groups excluding carboxylic acids is 1. The summed E-state index contributed by atoms with van der Waals surface area (Å²) in [5, 5.41) is 0.915. The van der Waals surface area contributed by atoms with E-state index in [4.69, 9.17) is 4.74 Å². The van der Waals surface area contributed by atoms with Gasteiger partial charge in [-0.25, -0.2) is 4.39 Å². The van der Waals surface area contributed by atoms with Crippen molar-refractivity contribution in [3.05, 3.63) is 65.1 Å². The van der Waals surface area contributed by atoms with Crippen LogP contribution in [0.3, 0.4) is 0 Å². The zero-order valence-electron chi connectivity index (χ0n) is 14.0. The van der Waals surface area contributed by atoms with Crippen LogP contribution in [0.4, 0.5) is 4.39 Å². The lowest BCUT2D eigenvalue weighted by molar-refractivity contribution is -0.134. The number of fused-ring (bicyclic) bond motifs is 3. The smallest absolute Gasteiger partial charge is 0.260 e. The number of nitrogens with zero attached hydrogens (tertiary/aromatic N) is 1. The van der Waals surface area contributed by atoms with Crippen LogP contribution >= 0.6 is 0 Å². The number of benzene rings is 2. The number of aryl methyl sites for hydroxylation is 1. The van der Waals surface area contributed by atoms with E-state index in [0.29, 0.717) is 18.8 Å². The molecule has 1 amide bonds. The van der Waals surface area contributed by atoms with Gasteiger partial charge < -0.3 is 14.6 Å². The van der Waals surface area contributed by atoms with Crippen molar-refractivity contribution in [1.82, 2.24) is 9.88 Å². The molecule has 0 aliphatic carbocycles. The number of hydrogen-bond donors (Lipinski definition) is 1. The first-order chi connectivity index (χ1) is 12.1. The summed E-state index contributed by atoms with van der Waals surface area (Å²) in [5.74, 6) is 0.410. The standard InChI is InChI=1S/C20H19FN2O2/c1-13-2-5-15(6-3-13)25-12-20(24)23-9-8-16-17-10-14(21)4-7-18(17)22-19(16)11-23/h2-7,10,22H,8-9,11-12H2,1H3. The van der Waals surface area contributed by atoms with E-state index in [1.807, 2.05) is 31.2 Å². The first-order valence-electron chi connectivity index (χ1n) is 8.36. The summed E-state index contributed by atoms with van der Waals surface area (Å²) in [4.78, 5) is 17.5. The van der Waals surface area contributed by atoms with Gasteiger partial charge in [0.2, 0.25) is 0 Å². The normalized spacial score (nSPS) is 13.8. The Bertz CT molecular complexity index is 931. The lowest BCUT2D eigenvalue weighted by atomic mass is 10.0. The van der Waals surface area contributed by atoms with E-state index in [2.05, 4.69) is 4.98 Å². The van der Waals surface area contributed by atoms with Crippen molar-refractivity contribution in [1.29, 1.82) is 0 Å². The predicted molar refractivity (Wildman–Crippen MR) is 94.1 cm³/mol. The molecule has 0 bridgehead atoms. The molecule has 5 heteroatoms.